The number of rotatable bonds is 6. The van der Waals surface area contributed by atoms with E-state index >= 15 is 0 Å². The zero-order chi connectivity index (χ0) is 15.4. The van der Waals surface area contributed by atoms with Gasteiger partial charge in [0, 0.05) is 24.4 Å². The molecule has 0 bridgehead atoms. The molecule has 2 heterocycles. The number of carbonyl (C=O) groups excluding carboxylic acids is 1. The summed E-state index contributed by atoms with van der Waals surface area (Å²) in [6, 6.07) is 1.06. The van der Waals surface area contributed by atoms with Gasteiger partial charge in [0.05, 0.1) is 23.4 Å². The minimum absolute atomic E-state index is 0.0791. The molecular weight excluding hydrogens is 274 g/mol. The van der Waals surface area contributed by atoms with Gasteiger partial charge in [-0.2, -0.15) is 5.10 Å². The zero-order valence-corrected chi connectivity index (χ0v) is 11.9. The summed E-state index contributed by atoms with van der Waals surface area (Å²) >= 11 is 0. The van der Waals surface area contributed by atoms with E-state index in [-0.39, 0.29) is 17.6 Å². The van der Waals surface area contributed by atoms with E-state index in [9.17, 15) is 14.9 Å². The lowest BCUT2D eigenvalue weighted by Crippen LogP contribution is -2.28. The quantitative estimate of drug-likeness (QED) is 0.627. The van der Waals surface area contributed by atoms with Crippen molar-refractivity contribution in [1.29, 1.82) is 0 Å². The van der Waals surface area contributed by atoms with Crippen LogP contribution in [0, 0.1) is 10.1 Å². The highest BCUT2D eigenvalue weighted by atomic mass is 16.6. The van der Waals surface area contributed by atoms with Crippen LogP contribution in [0.1, 0.15) is 42.4 Å². The van der Waals surface area contributed by atoms with Crippen LogP contribution in [0.3, 0.4) is 0 Å². The second-order valence-corrected chi connectivity index (χ2v) is 4.76. The molecule has 0 aliphatic carbocycles. The smallest absolute Gasteiger partial charge is 0.287 e. The van der Waals surface area contributed by atoms with Gasteiger partial charge >= 0.3 is 0 Å². The van der Waals surface area contributed by atoms with E-state index in [1.807, 2.05) is 13.8 Å². The average molecular weight is 291 g/mol. The lowest BCUT2D eigenvalue weighted by atomic mass is 10.2. The van der Waals surface area contributed by atoms with Crippen molar-refractivity contribution in [2.24, 2.45) is 0 Å². The Labute approximate surface area is 121 Å². The minimum atomic E-state index is -0.498. The van der Waals surface area contributed by atoms with E-state index in [0.717, 1.165) is 12.0 Å². The van der Waals surface area contributed by atoms with Crippen molar-refractivity contribution in [2.75, 3.05) is 0 Å². The van der Waals surface area contributed by atoms with E-state index in [2.05, 4.69) is 15.5 Å². The van der Waals surface area contributed by atoms with Crippen molar-refractivity contribution in [2.45, 2.75) is 32.9 Å². The van der Waals surface area contributed by atoms with E-state index in [1.54, 1.807) is 17.0 Å². The maximum absolute atomic E-state index is 12.3. The number of aromatic amines is 1. The number of carbonyl (C=O) groups is 1. The molecular formula is C13H17N5O3. The van der Waals surface area contributed by atoms with E-state index in [1.165, 1.54) is 12.3 Å². The first kappa shape index (κ1) is 14.8. The number of nitrogens with one attached hydrogen (secondary N) is 2. The summed E-state index contributed by atoms with van der Waals surface area (Å²) in [6.07, 6.45) is 5.49. The molecule has 0 saturated heterocycles. The maximum Gasteiger partial charge on any atom is 0.287 e. The highest BCUT2D eigenvalue weighted by Gasteiger charge is 2.20. The Bertz CT molecular complexity index is 632. The first-order valence-electron chi connectivity index (χ1n) is 6.67. The summed E-state index contributed by atoms with van der Waals surface area (Å²) in [7, 11) is 0. The molecule has 2 N–H and O–H groups in total. The Morgan fingerprint density at radius 1 is 1.62 bits per heavy atom. The van der Waals surface area contributed by atoms with Gasteiger partial charge in [-0.1, -0.05) is 6.92 Å². The molecule has 0 aliphatic rings. The van der Waals surface area contributed by atoms with Gasteiger partial charge in [-0.05, 0) is 13.3 Å². The Hall–Kier alpha value is -2.64. The van der Waals surface area contributed by atoms with Crippen molar-refractivity contribution in [3.05, 3.63) is 46.0 Å². The highest BCUT2D eigenvalue weighted by Crippen LogP contribution is 2.18. The van der Waals surface area contributed by atoms with Crippen LogP contribution in [0.25, 0.3) is 0 Å². The fourth-order valence-corrected chi connectivity index (χ4v) is 2.06. The highest BCUT2D eigenvalue weighted by molar-refractivity contribution is 5.93. The molecule has 112 valence electrons. The third-order valence-electron chi connectivity index (χ3n) is 3.16. The SMILES string of the molecule is CCCn1cc([N+](=O)[O-])cc1C(=O)NC(C)c1cn[nH]c1. The molecule has 1 amide bonds. The standard InChI is InChI=1S/C13H17N5O3/c1-3-4-17-8-11(18(20)21)5-12(17)13(19)16-9(2)10-6-14-15-7-10/h5-9H,3-4H2,1-2H3,(H,14,15)(H,16,19). The first-order valence-corrected chi connectivity index (χ1v) is 6.67. The Morgan fingerprint density at radius 3 is 2.95 bits per heavy atom. The molecule has 21 heavy (non-hydrogen) atoms. The van der Waals surface area contributed by atoms with Gasteiger partial charge in [-0.25, -0.2) is 0 Å². The Kier molecular flexibility index (Phi) is 4.36. The number of nitrogens with zero attached hydrogens (tertiary/aromatic N) is 3. The summed E-state index contributed by atoms with van der Waals surface area (Å²) in [6.45, 7) is 4.32. The first-order chi connectivity index (χ1) is 10.0. The number of hydrogen-bond acceptors (Lipinski definition) is 4. The lowest BCUT2D eigenvalue weighted by Gasteiger charge is -2.13. The van der Waals surface area contributed by atoms with Gasteiger partial charge in [0.15, 0.2) is 0 Å². The number of H-pyrrole nitrogens is 1. The van der Waals surface area contributed by atoms with Crippen molar-refractivity contribution >= 4 is 11.6 Å². The van der Waals surface area contributed by atoms with Crippen LogP contribution in [-0.2, 0) is 6.54 Å². The van der Waals surface area contributed by atoms with Crippen molar-refractivity contribution in [3.63, 3.8) is 0 Å². The zero-order valence-electron chi connectivity index (χ0n) is 11.9. The molecule has 0 saturated carbocycles. The van der Waals surface area contributed by atoms with Crippen LogP contribution in [0.15, 0.2) is 24.7 Å². The van der Waals surface area contributed by atoms with E-state index in [0.29, 0.717) is 12.2 Å². The van der Waals surface area contributed by atoms with Crippen LogP contribution < -0.4 is 5.32 Å². The summed E-state index contributed by atoms with van der Waals surface area (Å²) in [5, 5.41) is 20.2. The second-order valence-electron chi connectivity index (χ2n) is 4.76. The topological polar surface area (TPSA) is 106 Å². The van der Waals surface area contributed by atoms with Crippen LogP contribution in [-0.4, -0.2) is 25.6 Å². The van der Waals surface area contributed by atoms with E-state index in [4.69, 9.17) is 0 Å². The summed E-state index contributed by atoms with van der Waals surface area (Å²) < 4.78 is 1.61. The molecule has 0 radical (unpaired) electrons. The molecule has 2 aromatic rings. The fourth-order valence-electron chi connectivity index (χ4n) is 2.06. The molecule has 0 fully saturated rings. The number of aromatic nitrogens is 3. The summed E-state index contributed by atoms with van der Waals surface area (Å²) in [4.78, 5) is 22.6. The normalized spacial score (nSPS) is 12.1. The van der Waals surface area contributed by atoms with Crippen LogP contribution in [0.4, 0.5) is 5.69 Å². The number of aryl methyl sites for hydroxylation is 1. The second kappa shape index (κ2) is 6.21. The third kappa shape index (κ3) is 3.28. The lowest BCUT2D eigenvalue weighted by molar-refractivity contribution is -0.384. The van der Waals surface area contributed by atoms with Gasteiger partial charge in [-0.15, -0.1) is 0 Å². The fraction of sp³-hybridized carbons (Fsp3) is 0.385. The predicted octanol–water partition coefficient (Wildman–Crippen LogP) is 2.02. The van der Waals surface area contributed by atoms with Crippen molar-refractivity contribution in [1.82, 2.24) is 20.1 Å². The molecule has 8 nitrogen and oxygen atoms in total. The number of hydrogen-bond donors (Lipinski definition) is 2. The molecule has 8 heteroatoms. The Balaban J connectivity index is 2.19. The number of amides is 1. The summed E-state index contributed by atoms with van der Waals surface area (Å²) in [5.41, 5.74) is 1.05. The monoisotopic (exact) mass is 291 g/mol. The minimum Gasteiger partial charge on any atom is -0.344 e. The van der Waals surface area contributed by atoms with Gasteiger partial charge in [0.1, 0.15) is 5.69 Å². The van der Waals surface area contributed by atoms with Gasteiger partial charge in [0.25, 0.3) is 11.6 Å². The molecule has 2 rings (SSSR count). The number of nitro groups is 1. The molecule has 0 aromatic carbocycles. The van der Waals surface area contributed by atoms with Crippen molar-refractivity contribution < 1.29 is 9.72 Å². The van der Waals surface area contributed by atoms with Crippen LogP contribution >= 0.6 is 0 Å². The Morgan fingerprint density at radius 2 is 2.38 bits per heavy atom. The maximum atomic E-state index is 12.3. The molecule has 1 atom stereocenters. The van der Waals surface area contributed by atoms with Gasteiger partial charge < -0.3 is 9.88 Å². The van der Waals surface area contributed by atoms with E-state index < -0.39 is 4.92 Å². The largest absolute Gasteiger partial charge is 0.344 e. The molecule has 1 unspecified atom stereocenters. The van der Waals surface area contributed by atoms with Crippen LogP contribution in [0.5, 0.6) is 0 Å². The molecule has 0 spiro atoms. The predicted molar refractivity (Wildman–Crippen MR) is 75.8 cm³/mol. The summed E-state index contributed by atoms with van der Waals surface area (Å²) in [5.74, 6) is -0.342. The van der Waals surface area contributed by atoms with Gasteiger partial charge in [-0.3, -0.25) is 20.0 Å². The van der Waals surface area contributed by atoms with Gasteiger partial charge in [0.2, 0.25) is 0 Å². The third-order valence-corrected chi connectivity index (χ3v) is 3.16. The molecule has 2 aromatic heterocycles. The average Bonchev–Trinajstić information content (AvgIpc) is 3.08. The van der Waals surface area contributed by atoms with Crippen molar-refractivity contribution in [3.8, 4) is 0 Å². The van der Waals surface area contributed by atoms with Crippen LogP contribution in [0.2, 0.25) is 0 Å². The molecule has 0 aliphatic heterocycles.